The first-order valence-electron chi connectivity index (χ1n) is 9.14. The zero-order valence-electron chi connectivity index (χ0n) is 14.5. The monoisotopic (exact) mass is 378 g/mol. The van der Waals surface area contributed by atoms with Crippen molar-refractivity contribution in [2.45, 2.75) is 31.7 Å². The molecule has 8 heteroatoms. The van der Waals surface area contributed by atoms with Gasteiger partial charge in [0.1, 0.15) is 5.82 Å². The second kappa shape index (κ2) is 6.61. The maximum Gasteiger partial charge on any atom is 0.317 e. The lowest BCUT2D eigenvalue weighted by Gasteiger charge is -2.24. The van der Waals surface area contributed by atoms with Crippen LogP contribution in [-0.4, -0.2) is 59.2 Å². The van der Waals surface area contributed by atoms with Crippen molar-refractivity contribution in [1.29, 1.82) is 0 Å². The Bertz CT molecular complexity index is 730. The Morgan fingerprint density at radius 1 is 1.35 bits per heavy atom. The maximum atomic E-state index is 12.7. The lowest BCUT2D eigenvalue weighted by atomic mass is 9.81. The molecule has 0 spiro atoms. The van der Waals surface area contributed by atoms with E-state index in [2.05, 4.69) is 15.2 Å². The molecule has 0 bridgehead atoms. The predicted octanol–water partition coefficient (Wildman–Crippen LogP) is 2.21. The molecule has 2 aliphatic heterocycles. The second-order valence-electron chi connectivity index (χ2n) is 7.62. The number of likely N-dealkylation sites (tertiary alicyclic amines) is 1. The number of fused-ring (bicyclic) bond motifs is 1. The number of nitrogens with one attached hydrogen (secondary N) is 1. The molecule has 3 atom stereocenters. The molecular weight excluding hydrogens is 356 g/mol. The average molecular weight is 379 g/mol. The summed E-state index contributed by atoms with van der Waals surface area (Å²) in [6.07, 6.45) is 5.04. The van der Waals surface area contributed by atoms with E-state index >= 15 is 0 Å². The molecule has 1 aromatic rings. The molecule has 1 saturated carbocycles. The van der Waals surface area contributed by atoms with Crippen LogP contribution in [0.5, 0.6) is 0 Å². The van der Waals surface area contributed by atoms with E-state index in [1.807, 2.05) is 6.07 Å². The third-order valence-corrected chi connectivity index (χ3v) is 6.43. The summed E-state index contributed by atoms with van der Waals surface area (Å²) in [6.45, 7) is 2.30. The molecule has 1 aromatic heterocycles. The van der Waals surface area contributed by atoms with Crippen LogP contribution in [0, 0.1) is 11.3 Å². The molecule has 4 rings (SSSR count). The number of carbonyl (C=O) groups is 2. The molecular formula is C18H23ClN4O3. The number of halogens is 1. The van der Waals surface area contributed by atoms with Gasteiger partial charge in [0.15, 0.2) is 0 Å². The van der Waals surface area contributed by atoms with Gasteiger partial charge in [0, 0.05) is 38.4 Å². The van der Waals surface area contributed by atoms with Crippen LogP contribution in [0.4, 0.5) is 10.6 Å². The minimum absolute atomic E-state index is 0.0155. The van der Waals surface area contributed by atoms with Crippen LogP contribution in [0.2, 0.25) is 5.02 Å². The number of pyridine rings is 1. The van der Waals surface area contributed by atoms with Crippen molar-refractivity contribution in [1.82, 2.24) is 15.2 Å². The summed E-state index contributed by atoms with van der Waals surface area (Å²) in [7, 11) is 0. The van der Waals surface area contributed by atoms with Gasteiger partial charge in [0.05, 0.1) is 10.4 Å². The summed E-state index contributed by atoms with van der Waals surface area (Å²) >= 11 is 6.21. The van der Waals surface area contributed by atoms with E-state index in [0.29, 0.717) is 31.1 Å². The fourth-order valence-electron chi connectivity index (χ4n) is 4.74. The van der Waals surface area contributed by atoms with Crippen LogP contribution in [-0.2, 0) is 4.79 Å². The van der Waals surface area contributed by atoms with Gasteiger partial charge in [-0.3, -0.25) is 4.79 Å². The van der Waals surface area contributed by atoms with Gasteiger partial charge in [-0.25, -0.2) is 9.78 Å². The van der Waals surface area contributed by atoms with Crippen LogP contribution in [0.1, 0.15) is 25.7 Å². The highest BCUT2D eigenvalue weighted by molar-refractivity contribution is 6.32. The number of carbonyl (C=O) groups excluding carboxylic acids is 1. The number of aromatic nitrogens is 1. The van der Waals surface area contributed by atoms with E-state index < -0.39 is 11.4 Å². The van der Waals surface area contributed by atoms with Crippen LogP contribution >= 0.6 is 11.6 Å². The van der Waals surface area contributed by atoms with Gasteiger partial charge in [-0.2, -0.15) is 0 Å². The molecule has 3 fully saturated rings. The Labute approximate surface area is 157 Å². The van der Waals surface area contributed by atoms with Crippen molar-refractivity contribution in [3.05, 3.63) is 23.4 Å². The third-order valence-electron chi connectivity index (χ3n) is 6.14. The van der Waals surface area contributed by atoms with Crippen molar-refractivity contribution in [2.75, 3.05) is 31.1 Å². The molecule has 1 unspecified atom stereocenters. The first-order chi connectivity index (χ1) is 12.5. The number of nitrogens with zero attached hydrogens (tertiary/aromatic N) is 3. The van der Waals surface area contributed by atoms with Crippen LogP contribution < -0.4 is 10.2 Å². The van der Waals surface area contributed by atoms with E-state index in [1.54, 1.807) is 17.2 Å². The summed E-state index contributed by atoms with van der Waals surface area (Å²) in [4.78, 5) is 32.5. The van der Waals surface area contributed by atoms with Crippen molar-refractivity contribution in [3.63, 3.8) is 0 Å². The summed E-state index contributed by atoms with van der Waals surface area (Å²) in [5.74, 6) is 0.0664. The third kappa shape index (κ3) is 2.88. The minimum Gasteiger partial charge on any atom is -0.481 e. The fourth-order valence-corrected chi connectivity index (χ4v) is 4.98. The lowest BCUT2D eigenvalue weighted by Crippen LogP contribution is -2.46. The van der Waals surface area contributed by atoms with Crippen LogP contribution in [0.3, 0.4) is 0 Å². The van der Waals surface area contributed by atoms with Crippen molar-refractivity contribution in [2.24, 2.45) is 11.3 Å². The highest BCUT2D eigenvalue weighted by Gasteiger charge is 2.55. The van der Waals surface area contributed by atoms with Crippen LogP contribution in [0.25, 0.3) is 0 Å². The Morgan fingerprint density at radius 2 is 2.19 bits per heavy atom. The standard InChI is InChI=1S/C18H23ClN4O3/c19-14-4-2-7-20-15(14)22-8-5-13(10-22)21-17(26)23-9-12-3-1-6-18(12,11-23)16(24)25/h2,4,7,12-13H,1,3,5-6,8-11H2,(H,21,26)(H,24,25)/t12-,13?,18+/m0/s1. The molecule has 2 amide bonds. The Balaban J connectivity index is 1.36. The molecule has 7 nitrogen and oxygen atoms in total. The van der Waals surface area contributed by atoms with Gasteiger partial charge >= 0.3 is 12.0 Å². The largest absolute Gasteiger partial charge is 0.481 e. The first kappa shape index (κ1) is 17.4. The predicted molar refractivity (Wildman–Crippen MR) is 97.4 cm³/mol. The summed E-state index contributed by atoms with van der Waals surface area (Å²) in [5, 5.41) is 13.3. The molecule has 140 valence electrons. The van der Waals surface area contributed by atoms with E-state index in [9.17, 15) is 14.7 Å². The van der Waals surface area contributed by atoms with E-state index in [1.165, 1.54) is 0 Å². The van der Waals surface area contributed by atoms with E-state index in [4.69, 9.17) is 11.6 Å². The van der Waals surface area contributed by atoms with Gasteiger partial charge in [-0.1, -0.05) is 18.0 Å². The molecule has 2 saturated heterocycles. The van der Waals surface area contributed by atoms with Crippen molar-refractivity contribution in [3.8, 4) is 0 Å². The second-order valence-corrected chi connectivity index (χ2v) is 8.03. The van der Waals surface area contributed by atoms with Crippen molar-refractivity contribution < 1.29 is 14.7 Å². The van der Waals surface area contributed by atoms with Gasteiger partial charge in [-0.05, 0) is 37.3 Å². The van der Waals surface area contributed by atoms with Crippen LogP contribution in [0.15, 0.2) is 18.3 Å². The molecule has 3 heterocycles. The minimum atomic E-state index is -0.757. The van der Waals surface area contributed by atoms with Gasteiger partial charge in [0.25, 0.3) is 0 Å². The van der Waals surface area contributed by atoms with Crippen molar-refractivity contribution >= 4 is 29.4 Å². The smallest absolute Gasteiger partial charge is 0.317 e. The lowest BCUT2D eigenvalue weighted by molar-refractivity contribution is -0.149. The number of anilines is 1. The number of hydrogen-bond donors (Lipinski definition) is 2. The number of amides is 2. The zero-order valence-corrected chi connectivity index (χ0v) is 15.3. The number of rotatable bonds is 3. The van der Waals surface area contributed by atoms with Gasteiger partial charge in [0.2, 0.25) is 0 Å². The van der Waals surface area contributed by atoms with E-state index in [-0.39, 0.29) is 18.0 Å². The highest BCUT2D eigenvalue weighted by atomic mass is 35.5. The number of urea groups is 1. The molecule has 26 heavy (non-hydrogen) atoms. The van der Waals surface area contributed by atoms with E-state index in [0.717, 1.165) is 31.6 Å². The normalized spacial score (nSPS) is 30.5. The van der Waals surface area contributed by atoms with Gasteiger partial charge < -0.3 is 20.2 Å². The summed E-state index contributed by atoms with van der Waals surface area (Å²) in [5.41, 5.74) is -0.736. The molecule has 2 N–H and O–H groups in total. The summed E-state index contributed by atoms with van der Waals surface area (Å²) in [6, 6.07) is 3.47. The average Bonchev–Trinajstić information content (AvgIpc) is 3.29. The molecule has 0 aromatic carbocycles. The number of hydrogen-bond acceptors (Lipinski definition) is 4. The topological polar surface area (TPSA) is 85.8 Å². The number of carboxylic acids is 1. The molecule has 3 aliphatic rings. The SMILES string of the molecule is O=C(NC1CCN(c2ncccc2Cl)C1)N1C[C@@H]2CCC[C@@]2(C(=O)O)C1. The Kier molecular flexibility index (Phi) is 4.42. The first-order valence-corrected chi connectivity index (χ1v) is 9.52. The maximum absolute atomic E-state index is 12.7. The number of aliphatic carboxylic acids is 1. The Morgan fingerprint density at radius 3 is 2.92 bits per heavy atom. The molecule has 1 aliphatic carbocycles. The summed E-state index contributed by atoms with van der Waals surface area (Å²) < 4.78 is 0. The zero-order chi connectivity index (χ0) is 18.3. The molecule has 0 radical (unpaired) electrons. The van der Waals surface area contributed by atoms with Gasteiger partial charge in [-0.15, -0.1) is 0 Å². The highest BCUT2D eigenvalue weighted by Crippen LogP contribution is 2.48. The Hall–Kier alpha value is -2.02. The fraction of sp³-hybridized carbons (Fsp3) is 0.611. The quantitative estimate of drug-likeness (QED) is 0.842. The number of carboxylic acid groups (broad SMARTS) is 1.